The van der Waals surface area contributed by atoms with Crippen molar-refractivity contribution in [2.45, 2.75) is 39.1 Å². The first-order valence-electron chi connectivity index (χ1n) is 12.0. The molecule has 2 unspecified atom stereocenters. The molecule has 1 fully saturated rings. The summed E-state index contributed by atoms with van der Waals surface area (Å²) in [6.07, 6.45) is 2.85. The maximum Gasteiger partial charge on any atom is 0.328 e. The minimum absolute atomic E-state index is 0.0373. The minimum atomic E-state index is -0.547. The molecular formula is C27H25FN6O3. The molecule has 0 bridgehead atoms. The van der Waals surface area contributed by atoms with Gasteiger partial charge in [0.25, 0.3) is 0 Å². The maximum atomic E-state index is 15.0. The third-order valence-electron chi connectivity index (χ3n) is 6.40. The first-order valence-corrected chi connectivity index (χ1v) is 12.0. The smallest absolute Gasteiger partial charge is 0.328 e. The third kappa shape index (κ3) is 4.15. The lowest BCUT2D eigenvalue weighted by molar-refractivity contribution is 0.385. The highest BCUT2D eigenvalue weighted by molar-refractivity contribution is 5.78. The third-order valence-corrected chi connectivity index (χ3v) is 6.40. The summed E-state index contributed by atoms with van der Waals surface area (Å²) in [6, 6.07) is 16.0. The molecule has 188 valence electrons. The Labute approximate surface area is 211 Å². The molecule has 0 amide bonds. The molecule has 2 atom stereocenters. The van der Waals surface area contributed by atoms with Crippen molar-refractivity contribution in [3.63, 3.8) is 0 Å². The van der Waals surface area contributed by atoms with E-state index in [9.17, 15) is 4.79 Å². The van der Waals surface area contributed by atoms with Gasteiger partial charge in [-0.2, -0.15) is 5.10 Å². The van der Waals surface area contributed by atoms with Crippen molar-refractivity contribution in [2.24, 2.45) is 0 Å². The second kappa shape index (κ2) is 8.90. The maximum absolute atomic E-state index is 15.0. The van der Waals surface area contributed by atoms with Gasteiger partial charge in [0, 0.05) is 41.3 Å². The highest BCUT2D eigenvalue weighted by Crippen LogP contribution is 2.41. The van der Waals surface area contributed by atoms with E-state index in [1.807, 2.05) is 55.8 Å². The number of nitrogens with one attached hydrogen (secondary N) is 2. The van der Waals surface area contributed by atoms with E-state index in [-0.39, 0.29) is 29.8 Å². The number of pyridine rings is 1. The van der Waals surface area contributed by atoms with Gasteiger partial charge in [-0.05, 0) is 45.0 Å². The Morgan fingerprint density at radius 1 is 1.14 bits per heavy atom. The Hall–Kier alpha value is -4.44. The molecule has 0 radical (unpaired) electrons. The van der Waals surface area contributed by atoms with Gasteiger partial charge in [0.15, 0.2) is 29.2 Å². The van der Waals surface area contributed by atoms with Crippen LogP contribution in [0.3, 0.4) is 0 Å². The predicted octanol–water partition coefficient (Wildman–Crippen LogP) is 5.24. The molecule has 4 heterocycles. The number of ether oxygens (including phenoxy) is 2. The molecule has 3 aromatic heterocycles. The van der Waals surface area contributed by atoms with E-state index in [0.29, 0.717) is 22.6 Å². The first kappa shape index (κ1) is 23.0. The summed E-state index contributed by atoms with van der Waals surface area (Å²) in [5.74, 6) is -0.169. The molecule has 9 nitrogen and oxygen atoms in total. The van der Waals surface area contributed by atoms with Gasteiger partial charge in [0.2, 0.25) is 0 Å². The number of anilines is 1. The summed E-state index contributed by atoms with van der Waals surface area (Å²) in [5.41, 5.74) is 4.09. The second-order valence-corrected chi connectivity index (χ2v) is 9.20. The van der Waals surface area contributed by atoms with E-state index in [4.69, 9.17) is 9.47 Å². The van der Waals surface area contributed by atoms with E-state index in [2.05, 4.69) is 20.4 Å². The van der Waals surface area contributed by atoms with Crippen LogP contribution in [0.4, 0.5) is 10.1 Å². The van der Waals surface area contributed by atoms with Crippen molar-refractivity contribution in [3.8, 4) is 17.2 Å². The number of para-hydroxylation sites is 1. The van der Waals surface area contributed by atoms with Crippen molar-refractivity contribution in [3.05, 3.63) is 94.5 Å². The largest absolute Gasteiger partial charge is 0.452 e. The molecule has 2 aromatic carbocycles. The van der Waals surface area contributed by atoms with Gasteiger partial charge < -0.3 is 14.8 Å². The molecule has 1 aliphatic rings. The Kier molecular flexibility index (Phi) is 5.53. The Balaban J connectivity index is 1.18. The van der Waals surface area contributed by atoms with E-state index in [1.54, 1.807) is 24.4 Å². The standard InChI is InChI=1S/C27H25FN6O3/c1-15(2)33-23-22(11-12-29-25(23)32-27(33)35)36-21-10-9-17(13-20(21)28)31-26-24(37-26)19-14-30-34(16(19)3)18-7-5-4-6-8-18/h4-15,24,26,31H,1-3H3,(H,29,32,35). The van der Waals surface area contributed by atoms with Crippen LogP contribution in [0.1, 0.15) is 37.3 Å². The Morgan fingerprint density at radius 2 is 1.95 bits per heavy atom. The molecular weight excluding hydrogens is 475 g/mol. The van der Waals surface area contributed by atoms with Gasteiger partial charge in [-0.1, -0.05) is 18.2 Å². The molecule has 0 saturated carbocycles. The molecule has 2 N–H and O–H groups in total. The number of imidazole rings is 1. The van der Waals surface area contributed by atoms with Crippen LogP contribution in [0.15, 0.2) is 71.8 Å². The van der Waals surface area contributed by atoms with Crippen LogP contribution in [0, 0.1) is 12.7 Å². The molecule has 5 aromatic rings. The van der Waals surface area contributed by atoms with Crippen molar-refractivity contribution < 1.29 is 13.9 Å². The summed E-state index contributed by atoms with van der Waals surface area (Å²) in [4.78, 5) is 19.3. The molecule has 6 rings (SSSR count). The quantitative estimate of drug-likeness (QED) is 0.296. The number of benzene rings is 2. The molecule has 10 heteroatoms. The summed E-state index contributed by atoms with van der Waals surface area (Å²) in [5, 5.41) is 7.71. The van der Waals surface area contributed by atoms with E-state index in [0.717, 1.165) is 16.9 Å². The zero-order valence-corrected chi connectivity index (χ0v) is 20.5. The summed E-state index contributed by atoms with van der Waals surface area (Å²) in [6.45, 7) is 5.76. The number of hydrogen-bond donors (Lipinski definition) is 2. The highest BCUT2D eigenvalue weighted by atomic mass is 19.1. The lowest BCUT2D eigenvalue weighted by atomic mass is 10.2. The number of H-pyrrole nitrogens is 1. The summed E-state index contributed by atoms with van der Waals surface area (Å²) < 4.78 is 30.2. The number of aromatic amines is 1. The molecule has 37 heavy (non-hydrogen) atoms. The summed E-state index contributed by atoms with van der Waals surface area (Å²) in [7, 11) is 0. The van der Waals surface area contributed by atoms with Crippen LogP contribution in [0.25, 0.3) is 16.9 Å². The average molecular weight is 501 g/mol. The van der Waals surface area contributed by atoms with Crippen LogP contribution in [-0.4, -0.2) is 30.5 Å². The fourth-order valence-electron chi connectivity index (χ4n) is 4.54. The normalized spacial score (nSPS) is 16.9. The zero-order chi connectivity index (χ0) is 25.7. The monoisotopic (exact) mass is 500 g/mol. The average Bonchev–Trinajstić information content (AvgIpc) is 3.37. The predicted molar refractivity (Wildman–Crippen MR) is 137 cm³/mol. The van der Waals surface area contributed by atoms with Crippen molar-refractivity contribution in [2.75, 3.05) is 5.32 Å². The van der Waals surface area contributed by atoms with Crippen molar-refractivity contribution in [1.82, 2.24) is 24.3 Å². The topological polar surface area (TPSA) is 102 Å². The van der Waals surface area contributed by atoms with Gasteiger partial charge in [0.05, 0.1) is 11.9 Å². The minimum Gasteiger partial charge on any atom is -0.452 e. The number of rotatable bonds is 7. The number of fused-ring (bicyclic) bond motifs is 1. The van der Waals surface area contributed by atoms with E-state index in [1.165, 1.54) is 16.8 Å². The lowest BCUT2D eigenvalue weighted by Gasteiger charge is -2.12. The Bertz CT molecular complexity index is 1660. The lowest BCUT2D eigenvalue weighted by Crippen LogP contribution is -2.18. The highest BCUT2D eigenvalue weighted by Gasteiger charge is 2.42. The van der Waals surface area contributed by atoms with Gasteiger partial charge in [-0.15, -0.1) is 0 Å². The second-order valence-electron chi connectivity index (χ2n) is 9.20. The van der Waals surface area contributed by atoms with Gasteiger partial charge in [-0.25, -0.2) is 18.9 Å². The van der Waals surface area contributed by atoms with Gasteiger partial charge in [-0.3, -0.25) is 9.55 Å². The van der Waals surface area contributed by atoms with Gasteiger partial charge in [0.1, 0.15) is 11.6 Å². The SMILES string of the molecule is Cc1c(C2OC2Nc2ccc(Oc3ccnc4[nH]c(=O)n(C(C)C)c34)c(F)c2)cnn1-c1ccccc1. The van der Waals surface area contributed by atoms with Crippen LogP contribution in [0.5, 0.6) is 11.5 Å². The number of halogens is 1. The number of aromatic nitrogens is 5. The number of hydrogen-bond acceptors (Lipinski definition) is 6. The van der Waals surface area contributed by atoms with Crippen LogP contribution < -0.4 is 15.7 Å². The van der Waals surface area contributed by atoms with Crippen molar-refractivity contribution >= 4 is 16.9 Å². The van der Waals surface area contributed by atoms with Crippen LogP contribution >= 0.6 is 0 Å². The van der Waals surface area contributed by atoms with Crippen LogP contribution in [0.2, 0.25) is 0 Å². The molecule has 1 aliphatic heterocycles. The number of epoxide rings is 1. The first-order chi connectivity index (χ1) is 17.9. The number of nitrogens with zero attached hydrogens (tertiary/aromatic N) is 4. The molecule has 0 spiro atoms. The molecule has 1 saturated heterocycles. The fraction of sp³-hybridized carbons (Fsp3) is 0.222. The van der Waals surface area contributed by atoms with Gasteiger partial charge >= 0.3 is 5.69 Å². The zero-order valence-electron chi connectivity index (χ0n) is 20.5. The fourth-order valence-corrected chi connectivity index (χ4v) is 4.54. The summed E-state index contributed by atoms with van der Waals surface area (Å²) >= 11 is 0. The van der Waals surface area contributed by atoms with Crippen LogP contribution in [-0.2, 0) is 4.74 Å². The van der Waals surface area contributed by atoms with E-state index < -0.39 is 5.82 Å². The van der Waals surface area contributed by atoms with Crippen molar-refractivity contribution in [1.29, 1.82) is 0 Å². The van der Waals surface area contributed by atoms with E-state index >= 15 is 4.39 Å². The Morgan fingerprint density at radius 3 is 2.70 bits per heavy atom. The molecule has 0 aliphatic carbocycles.